The Balaban J connectivity index is 1.89. The second-order valence-corrected chi connectivity index (χ2v) is 10.2. The maximum atomic E-state index is 13.3. The lowest BCUT2D eigenvalue weighted by atomic mass is 10.1. The minimum absolute atomic E-state index is 0.00932. The SMILES string of the molecule is CCCNC(=O)C(C)N(Cc1ccc(Cl)c(Cl)c1)C(=O)CN1C(=O)c2ccccc2S1(=O)=O. The number of nitrogens with zero attached hydrogens (tertiary/aromatic N) is 2. The molecule has 2 aromatic carbocycles. The molecule has 0 saturated carbocycles. The van der Waals surface area contributed by atoms with Crippen molar-refractivity contribution < 1.29 is 22.8 Å². The van der Waals surface area contributed by atoms with E-state index < -0.39 is 40.3 Å². The third-order valence-electron chi connectivity index (χ3n) is 5.24. The van der Waals surface area contributed by atoms with Crippen LogP contribution in [0.3, 0.4) is 0 Å². The molecule has 0 aromatic heterocycles. The zero-order valence-electron chi connectivity index (χ0n) is 18.0. The minimum Gasteiger partial charge on any atom is -0.354 e. The molecule has 3 rings (SSSR count). The molecular weight excluding hydrogens is 489 g/mol. The summed E-state index contributed by atoms with van der Waals surface area (Å²) in [4.78, 5) is 39.7. The van der Waals surface area contributed by atoms with Crippen LogP contribution in [0.25, 0.3) is 0 Å². The Morgan fingerprint density at radius 3 is 2.45 bits per heavy atom. The summed E-state index contributed by atoms with van der Waals surface area (Å²) in [6.07, 6.45) is 0.706. The molecular formula is C22H23Cl2N3O5S. The van der Waals surface area contributed by atoms with E-state index >= 15 is 0 Å². The van der Waals surface area contributed by atoms with E-state index in [1.807, 2.05) is 6.92 Å². The summed E-state index contributed by atoms with van der Waals surface area (Å²) in [5.41, 5.74) is 0.599. The van der Waals surface area contributed by atoms with Gasteiger partial charge in [0.25, 0.3) is 15.9 Å². The monoisotopic (exact) mass is 511 g/mol. The molecule has 11 heteroatoms. The van der Waals surface area contributed by atoms with Crippen LogP contribution in [-0.4, -0.2) is 54.5 Å². The molecule has 0 spiro atoms. The highest BCUT2D eigenvalue weighted by molar-refractivity contribution is 7.90. The number of fused-ring (bicyclic) bond motifs is 1. The predicted octanol–water partition coefficient (Wildman–Crippen LogP) is 3.08. The maximum Gasteiger partial charge on any atom is 0.269 e. The van der Waals surface area contributed by atoms with Gasteiger partial charge in [-0.1, -0.05) is 48.3 Å². The Bertz CT molecular complexity index is 1200. The van der Waals surface area contributed by atoms with Gasteiger partial charge in [-0.2, -0.15) is 0 Å². The second kappa shape index (κ2) is 10.1. The molecule has 1 unspecified atom stereocenters. The largest absolute Gasteiger partial charge is 0.354 e. The van der Waals surface area contributed by atoms with E-state index in [1.54, 1.807) is 24.3 Å². The molecule has 0 bridgehead atoms. The van der Waals surface area contributed by atoms with E-state index in [4.69, 9.17) is 23.2 Å². The lowest BCUT2D eigenvalue weighted by Crippen LogP contribution is -2.51. The number of hydrogen-bond acceptors (Lipinski definition) is 5. The normalized spacial score (nSPS) is 15.2. The molecule has 1 heterocycles. The predicted molar refractivity (Wildman–Crippen MR) is 124 cm³/mol. The van der Waals surface area contributed by atoms with Crippen molar-refractivity contribution in [2.75, 3.05) is 13.1 Å². The van der Waals surface area contributed by atoms with Crippen molar-refractivity contribution in [1.82, 2.24) is 14.5 Å². The van der Waals surface area contributed by atoms with E-state index in [0.717, 1.165) is 0 Å². The summed E-state index contributed by atoms with van der Waals surface area (Å²) in [6, 6.07) is 9.62. The van der Waals surface area contributed by atoms with Crippen LogP contribution in [-0.2, 0) is 26.2 Å². The molecule has 3 amide bonds. The van der Waals surface area contributed by atoms with Gasteiger partial charge in [-0.25, -0.2) is 12.7 Å². The zero-order chi connectivity index (χ0) is 24.3. The molecule has 1 atom stereocenters. The third-order valence-corrected chi connectivity index (χ3v) is 7.77. The van der Waals surface area contributed by atoms with Crippen molar-refractivity contribution in [3.8, 4) is 0 Å². The molecule has 1 aliphatic heterocycles. The average Bonchev–Trinajstić information content (AvgIpc) is 2.98. The average molecular weight is 512 g/mol. The van der Waals surface area contributed by atoms with Crippen molar-refractivity contribution in [3.63, 3.8) is 0 Å². The lowest BCUT2D eigenvalue weighted by molar-refractivity contribution is -0.140. The summed E-state index contributed by atoms with van der Waals surface area (Å²) in [5, 5.41) is 3.34. The van der Waals surface area contributed by atoms with Crippen molar-refractivity contribution in [3.05, 3.63) is 63.6 Å². The Labute approximate surface area is 202 Å². The lowest BCUT2D eigenvalue weighted by Gasteiger charge is -2.30. The van der Waals surface area contributed by atoms with E-state index in [2.05, 4.69) is 5.32 Å². The molecule has 0 aliphatic carbocycles. The van der Waals surface area contributed by atoms with Gasteiger partial charge in [0.15, 0.2) is 0 Å². The van der Waals surface area contributed by atoms with Crippen LogP contribution in [0.4, 0.5) is 0 Å². The first-order valence-corrected chi connectivity index (χ1v) is 12.4. The quantitative estimate of drug-likeness (QED) is 0.586. The fourth-order valence-electron chi connectivity index (χ4n) is 3.41. The van der Waals surface area contributed by atoms with E-state index in [0.29, 0.717) is 27.9 Å². The molecule has 0 radical (unpaired) electrons. The van der Waals surface area contributed by atoms with Crippen molar-refractivity contribution in [2.45, 2.75) is 37.8 Å². The number of carbonyl (C=O) groups is 3. The standard InChI is InChI=1S/C22H23Cl2N3O5S/c1-3-10-25-21(29)14(2)26(12-15-8-9-17(23)18(24)11-15)20(28)13-27-22(30)16-6-4-5-7-19(16)33(27,31)32/h4-9,11,14H,3,10,12-13H2,1-2H3,(H,25,29). The van der Waals surface area contributed by atoms with E-state index in [9.17, 15) is 22.8 Å². The first kappa shape index (κ1) is 25.0. The van der Waals surface area contributed by atoms with Gasteiger partial charge in [-0.05, 0) is 43.2 Å². The van der Waals surface area contributed by atoms with Gasteiger partial charge in [0.05, 0.1) is 15.6 Å². The Kier molecular flexibility index (Phi) is 7.66. The Hall–Kier alpha value is -2.62. The number of benzene rings is 2. The van der Waals surface area contributed by atoms with Crippen LogP contribution in [0.2, 0.25) is 10.0 Å². The van der Waals surface area contributed by atoms with Crippen LogP contribution in [0, 0.1) is 0 Å². The summed E-state index contributed by atoms with van der Waals surface area (Å²) in [6.45, 7) is 3.08. The van der Waals surface area contributed by atoms with Crippen molar-refractivity contribution in [1.29, 1.82) is 0 Å². The number of sulfonamides is 1. The highest BCUT2D eigenvalue weighted by atomic mass is 35.5. The second-order valence-electron chi connectivity index (χ2n) is 7.55. The summed E-state index contributed by atoms with van der Waals surface area (Å²) in [7, 11) is -4.17. The molecule has 8 nitrogen and oxygen atoms in total. The Morgan fingerprint density at radius 1 is 1.12 bits per heavy atom. The highest BCUT2D eigenvalue weighted by Crippen LogP contribution is 2.30. The van der Waals surface area contributed by atoms with Gasteiger partial charge >= 0.3 is 0 Å². The molecule has 176 valence electrons. The topological polar surface area (TPSA) is 104 Å². The van der Waals surface area contributed by atoms with Gasteiger partial charge in [-0.3, -0.25) is 14.4 Å². The van der Waals surface area contributed by atoms with Crippen LogP contribution < -0.4 is 5.32 Å². The summed E-state index contributed by atoms with van der Waals surface area (Å²) in [5.74, 6) is -1.88. The number of halogens is 2. The van der Waals surface area contributed by atoms with Gasteiger partial charge in [-0.15, -0.1) is 0 Å². The number of amides is 3. The number of nitrogens with one attached hydrogen (secondary N) is 1. The van der Waals surface area contributed by atoms with Crippen LogP contribution in [0.5, 0.6) is 0 Å². The number of rotatable bonds is 8. The Morgan fingerprint density at radius 2 is 1.82 bits per heavy atom. The van der Waals surface area contributed by atoms with Crippen molar-refractivity contribution >= 4 is 50.9 Å². The first-order chi connectivity index (χ1) is 15.6. The molecule has 2 aromatic rings. The molecule has 0 saturated heterocycles. The molecule has 1 aliphatic rings. The van der Waals surface area contributed by atoms with Crippen LogP contribution in [0.15, 0.2) is 47.4 Å². The fourth-order valence-corrected chi connectivity index (χ4v) is 5.25. The molecule has 0 fully saturated rings. The first-order valence-electron chi connectivity index (χ1n) is 10.2. The van der Waals surface area contributed by atoms with Gasteiger partial charge in [0.2, 0.25) is 11.8 Å². The van der Waals surface area contributed by atoms with E-state index in [1.165, 1.54) is 30.0 Å². The van der Waals surface area contributed by atoms with Crippen LogP contribution >= 0.6 is 23.2 Å². The van der Waals surface area contributed by atoms with Crippen molar-refractivity contribution in [2.24, 2.45) is 0 Å². The zero-order valence-corrected chi connectivity index (χ0v) is 20.4. The maximum absolute atomic E-state index is 13.3. The van der Waals surface area contributed by atoms with Gasteiger partial charge < -0.3 is 10.2 Å². The van der Waals surface area contributed by atoms with Gasteiger partial charge in [0.1, 0.15) is 17.5 Å². The van der Waals surface area contributed by atoms with E-state index in [-0.39, 0.29) is 22.0 Å². The molecule has 33 heavy (non-hydrogen) atoms. The summed E-state index contributed by atoms with van der Waals surface area (Å²) < 4.78 is 26.3. The van der Waals surface area contributed by atoms with Crippen LogP contribution in [0.1, 0.15) is 36.2 Å². The fraction of sp³-hybridized carbons (Fsp3) is 0.318. The highest BCUT2D eigenvalue weighted by Gasteiger charge is 2.43. The third kappa shape index (κ3) is 5.15. The molecule has 1 N–H and O–H groups in total. The number of hydrogen-bond donors (Lipinski definition) is 1. The smallest absolute Gasteiger partial charge is 0.269 e. The van der Waals surface area contributed by atoms with Gasteiger partial charge in [0, 0.05) is 13.1 Å². The summed E-state index contributed by atoms with van der Waals surface area (Å²) >= 11 is 12.1. The minimum atomic E-state index is -4.17. The number of carbonyl (C=O) groups excluding carboxylic acids is 3.